The molecule has 0 aliphatic carbocycles. The topological polar surface area (TPSA) is 52.6 Å². The standard InChI is InChI=1S/C22H26N2O2S/c1-17-5-9-19(10-6-17)11-14-21(26)23-22(27)24(15-3-4-16-25)20-12-7-18(2)8-13-20/h5-14,25H,3-4,15-16H2,1-2H3,(H,23,26,27). The summed E-state index contributed by atoms with van der Waals surface area (Å²) in [4.78, 5) is 14.2. The van der Waals surface area contributed by atoms with E-state index in [0.29, 0.717) is 18.1 Å². The lowest BCUT2D eigenvalue weighted by Crippen LogP contribution is -2.42. The maximum Gasteiger partial charge on any atom is 0.250 e. The molecular weight excluding hydrogens is 356 g/mol. The lowest BCUT2D eigenvalue weighted by Gasteiger charge is -2.25. The van der Waals surface area contributed by atoms with Crippen LogP contribution in [0.3, 0.4) is 0 Å². The van der Waals surface area contributed by atoms with E-state index in [1.54, 1.807) is 6.08 Å². The van der Waals surface area contributed by atoms with Gasteiger partial charge in [0.25, 0.3) is 0 Å². The van der Waals surface area contributed by atoms with Gasteiger partial charge in [0, 0.05) is 24.9 Å². The Morgan fingerprint density at radius 2 is 1.63 bits per heavy atom. The fourth-order valence-electron chi connectivity index (χ4n) is 2.52. The van der Waals surface area contributed by atoms with Crippen LogP contribution in [-0.4, -0.2) is 29.3 Å². The van der Waals surface area contributed by atoms with Crippen LogP contribution in [0.5, 0.6) is 0 Å². The summed E-state index contributed by atoms with van der Waals surface area (Å²) in [5.41, 5.74) is 4.21. The van der Waals surface area contributed by atoms with Gasteiger partial charge in [-0.2, -0.15) is 0 Å². The molecule has 4 nitrogen and oxygen atoms in total. The number of rotatable bonds is 7. The molecule has 5 heteroatoms. The predicted octanol–water partition coefficient (Wildman–Crippen LogP) is 4.00. The third kappa shape index (κ3) is 6.96. The Hall–Kier alpha value is -2.50. The summed E-state index contributed by atoms with van der Waals surface area (Å²) in [7, 11) is 0. The average Bonchev–Trinajstić information content (AvgIpc) is 2.66. The van der Waals surface area contributed by atoms with E-state index in [4.69, 9.17) is 17.3 Å². The van der Waals surface area contributed by atoms with Crippen molar-refractivity contribution in [1.82, 2.24) is 5.32 Å². The quantitative estimate of drug-likeness (QED) is 0.432. The summed E-state index contributed by atoms with van der Waals surface area (Å²) < 4.78 is 0. The van der Waals surface area contributed by atoms with Crippen LogP contribution < -0.4 is 10.2 Å². The van der Waals surface area contributed by atoms with Crippen LogP contribution in [0.15, 0.2) is 54.6 Å². The Bertz CT molecular complexity index is 783. The molecule has 0 atom stereocenters. The molecule has 0 spiro atoms. The Labute approximate surface area is 166 Å². The summed E-state index contributed by atoms with van der Waals surface area (Å²) in [6.07, 6.45) is 4.71. The number of hydrogen-bond donors (Lipinski definition) is 2. The molecule has 2 aromatic carbocycles. The normalized spacial score (nSPS) is 10.8. The molecule has 0 radical (unpaired) electrons. The highest BCUT2D eigenvalue weighted by Crippen LogP contribution is 2.16. The molecule has 142 valence electrons. The van der Waals surface area contributed by atoms with Crippen molar-refractivity contribution in [2.45, 2.75) is 26.7 Å². The minimum atomic E-state index is -0.264. The number of aliphatic hydroxyl groups excluding tert-OH is 1. The van der Waals surface area contributed by atoms with Crippen LogP contribution in [0.4, 0.5) is 5.69 Å². The SMILES string of the molecule is Cc1ccc(C=CC(=O)NC(=S)N(CCCCO)c2ccc(C)cc2)cc1. The summed E-state index contributed by atoms with van der Waals surface area (Å²) >= 11 is 5.46. The first-order chi connectivity index (χ1) is 13.0. The van der Waals surface area contributed by atoms with Crippen LogP contribution >= 0.6 is 12.2 Å². The highest BCUT2D eigenvalue weighted by atomic mass is 32.1. The monoisotopic (exact) mass is 382 g/mol. The van der Waals surface area contributed by atoms with Gasteiger partial charge in [0.15, 0.2) is 5.11 Å². The smallest absolute Gasteiger partial charge is 0.250 e. The zero-order chi connectivity index (χ0) is 19.6. The van der Waals surface area contributed by atoms with E-state index in [-0.39, 0.29) is 12.5 Å². The molecule has 27 heavy (non-hydrogen) atoms. The van der Waals surface area contributed by atoms with Gasteiger partial charge in [-0.3, -0.25) is 10.1 Å². The molecular formula is C22H26N2O2S. The highest BCUT2D eigenvalue weighted by Gasteiger charge is 2.13. The number of hydrogen-bond acceptors (Lipinski definition) is 3. The molecule has 0 saturated carbocycles. The Kier molecular flexibility index (Phi) is 8.17. The van der Waals surface area contributed by atoms with Crippen molar-refractivity contribution in [2.24, 2.45) is 0 Å². The lowest BCUT2D eigenvalue weighted by molar-refractivity contribution is -0.115. The predicted molar refractivity (Wildman–Crippen MR) is 116 cm³/mol. The number of aliphatic hydroxyl groups is 1. The molecule has 0 unspecified atom stereocenters. The number of amides is 1. The molecule has 0 saturated heterocycles. The number of carbonyl (C=O) groups excluding carboxylic acids is 1. The molecule has 0 heterocycles. The molecule has 0 aliphatic rings. The summed E-state index contributed by atoms with van der Waals surface area (Å²) in [6, 6.07) is 15.9. The van der Waals surface area contributed by atoms with Gasteiger partial charge >= 0.3 is 0 Å². The van der Waals surface area contributed by atoms with Gasteiger partial charge < -0.3 is 10.0 Å². The van der Waals surface area contributed by atoms with Crippen molar-refractivity contribution in [3.63, 3.8) is 0 Å². The van der Waals surface area contributed by atoms with Crippen molar-refractivity contribution in [2.75, 3.05) is 18.1 Å². The summed E-state index contributed by atoms with van der Waals surface area (Å²) in [6.45, 7) is 4.81. The zero-order valence-electron chi connectivity index (χ0n) is 15.8. The minimum absolute atomic E-state index is 0.139. The van der Waals surface area contributed by atoms with Crippen LogP contribution in [0.2, 0.25) is 0 Å². The van der Waals surface area contributed by atoms with Crippen LogP contribution in [0.1, 0.15) is 29.5 Å². The third-order valence-electron chi connectivity index (χ3n) is 4.12. The van der Waals surface area contributed by atoms with Gasteiger partial charge in [-0.1, -0.05) is 47.5 Å². The number of nitrogens with zero attached hydrogens (tertiary/aromatic N) is 1. The van der Waals surface area contributed by atoms with Crippen molar-refractivity contribution < 1.29 is 9.90 Å². The van der Waals surface area contributed by atoms with Gasteiger partial charge in [-0.25, -0.2) is 0 Å². The largest absolute Gasteiger partial charge is 0.396 e. The molecule has 0 fully saturated rings. The highest BCUT2D eigenvalue weighted by molar-refractivity contribution is 7.80. The Balaban J connectivity index is 2.03. The number of benzene rings is 2. The third-order valence-corrected chi connectivity index (χ3v) is 4.44. The van der Waals surface area contributed by atoms with Crippen molar-refractivity contribution in [3.8, 4) is 0 Å². The second-order valence-corrected chi connectivity index (χ2v) is 6.84. The van der Waals surface area contributed by atoms with Crippen LogP contribution in [0, 0.1) is 13.8 Å². The van der Waals surface area contributed by atoms with Gasteiger partial charge in [0.05, 0.1) is 0 Å². The lowest BCUT2D eigenvalue weighted by atomic mass is 10.1. The first kappa shape index (κ1) is 20.8. The number of anilines is 1. The number of nitrogens with one attached hydrogen (secondary N) is 1. The number of unbranched alkanes of at least 4 members (excludes halogenated alkanes) is 1. The molecule has 2 rings (SSSR count). The van der Waals surface area contributed by atoms with E-state index < -0.39 is 0 Å². The number of carbonyl (C=O) groups is 1. The van der Waals surface area contributed by atoms with Gasteiger partial charge in [0.2, 0.25) is 5.91 Å². The van der Waals surface area contributed by atoms with E-state index in [1.807, 2.05) is 67.3 Å². The van der Waals surface area contributed by atoms with Crippen LogP contribution in [-0.2, 0) is 4.79 Å². The second-order valence-electron chi connectivity index (χ2n) is 6.46. The first-order valence-electron chi connectivity index (χ1n) is 9.04. The zero-order valence-corrected chi connectivity index (χ0v) is 16.6. The van der Waals surface area contributed by atoms with E-state index >= 15 is 0 Å². The van der Waals surface area contributed by atoms with Gasteiger partial charge in [-0.15, -0.1) is 0 Å². The van der Waals surface area contributed by atoms with Gasteiger partial charge in [-0.05, 0) is 62.7 Å². The summed E-state index contributed by atoms with van der Waals surface area (Å²) in [5, 5.41) is 12.2. The van der Waals surface area contributed by atoms with Crippen molar-refractivity contribution in [1.29, 1.82) is 0 Å². The van der Waals surface area contributed by atoms with Crippen LogP contribution in [0.25, 0.3) is 6.08 Å². The van der Waals surface area contributed by atoms with E-state index in [2.05, 4.69) is 5.32 Å². The molecule has 2 aromatic rings. The van der Waals surface area contributed by atoms with Crippen molar-refractivity contribution in [3.05, 3.63) is 71.3 Å². The van der Waals surface area contributed by atoms with E-state index in [1.165, 1.54) is 11.6 Å². The summed E-state index contributed by atoms with van der Waals surface area (Å²) in [5.74, 6) is -0.264. The first-order valence-corrected chi connectivity index (χ1v) is 9.45. The fourth-order valence-corrected chi connectivity index (χ4v) is 2.82. The minimum Gasteiger partial charge on any atom is -0.396 e. The number of thiocarbonyl (C=S) groups is 1. The number of aryl methyl sites for hydroxylation is 2. The molecule has 0 aliphatic heterocycles. The van der Waals surface area contributed by atoms with E-state index in [9.17, 15) is 4.79 Å². The van der Waals surface area contributed by atoms with Crippen molar-refractivity contribution >= 4 is 35.0 Å². The molecule has 2 N–H and O–H groups in total. The average molecular weight is 383 g/mol. The fraction of sp³-hybridized carbons (Fsp3) is 0.273. The maximum atomic E-state index is 12.3. The molecule has 0 bridgehead atoms. The van der Waals surface area contributed by atoms with Gasteiger partial charge in [0.1, 0.15) is 0 Å². The molecule has 1 amide bonds. The van der Waals surface area contributed by atoms with E-state index in [0.717, 1.165) is 23.2 Å². The Morgan fingerprint density at radius 3 is 2.22 bits per heavy atom. The molecule has 0 aromatic heterocycles. The Morgan fingerprint density at radius 1 is 1.04 bits per heavy atom. The second kappa shape index (κ2) is 10.6. The maximum absolute atomic E-state index is 12.3.